The van der Waals surface area contributed by atoms with Gasteiger partial charge < -0.3 is 10.5 Å². The van der Waals surface area contributed by atoms with Gasteiger partial charge in [-0.15, -0.1) is 0 Å². The lowest BCUT2D eigenvalue weighted by Gasteiger charge is -2.33. The van der Waals surface area contributed by atoms with Gasteiger partial charge in [-0.3, -0.25) is 10.1 Å². The van der Waals surface area contributed by atoms with Crippen molar-refractivity contribution in [2.24, 2.45) is 5.73 Å². The molecule has 5 nitrogen and oxygen atoms in total. The van der Waals surface area contributed by atoms with Crippen LogP contribution in [0.5, 0.6) is 0 Å². The Morgan fingerprint density at radius 2 is 2.14 bits per heavy atom. The summed E-state index contributed by atoms with van der Waals surface area (Å²) in [5.74, 6) is -0.458. The molecule has 21 heavy (non-hydrogen) atoms. The number of carbonyl (C=O) groups excluding carboxylic acids is 2. The first-order valence-electron chi connectivity index (χ1n) is 6.98. The molecule has 1 aromatic rings. The zero-order valence-electron chi connectivity index (χ0n) is 12.5. The van der Waals surface area contributed by atoms with E-state index in [0.29, 0.717) is 0 Å². The standard InChI is InChI=1S/C16H20N2O3/c1-4-5-10(9-14(17)19)11-6-7-13-12(8-11)16(2,3)21-15(20)18-13/h6-9H,4-5H2,1-3H3,(H2,17,19)(H,18,20)/b10-9+. The molecule has 2 rings (SSSR count). The minimum Gasteiger partial charge on any atom is -0.438 e. The molecule has 0 radical (unpaired) electrons. The largest absolute Gasteiger partial charge is 0.438 e. The van der Waals surface area contributed by atoms with Crippen molar-refractivity contribution >= 4 is 23.3 Å². The first-order valence-corrected chi connectivity index (χ1v) is 6.98. The van der Waals surface area contributed by atoms with E-state index < -0.39 is 17.6 Å². The molecule has 1 aliphatic rings. The van der Waals surface area contributed by atoms with Crippen LogP contribution in [0, 0.1) is 0 Å². The van der Waals surface area contributed by atoms with E-state index in [1.807, 2.05) is 39.0 Å². The van der Waals surface area contributed by atoms with Crippen LogP contribution in [-0.2, 0) is 15.1 Å². The van der Waals surface area contributed by atoms with Crippen molar-refractivity contribution in [2.75, 3.05) is 5.32 Å². The van der Waals surface area contributed by atoms with E-state index >= 15 is 0 Å². The van der Waals surface area contributed by atoms with E-state index in [2.05, 4.69) is 5.32 Å². The maximum absolute atomic E-state index is 11.5. The smallest absolute Gasteiger partial charge is 0.412 e. The zero-order valence-corrected chi connectivity index (χ0v) is 12.5. The Labute approximate surface area is 124 Å². The Morgan fingerprint density at radius 1 is 1.43 bits per heavy atom. The normalized spacial score (nSPS) is 16.7. The number of primary amides is 1. The van der Waals surface area contributed by atoms with Gasteiger partial charge in [-0.1, -0.05) is 19.4 Å². The quantitative estimate of drug-likeness (QED) is 0.835. The molecular weight excluding hydrogens is 268 g/mol. The van der Waals surface area contributed by atoms with Crippen LogP contribution in [0.25, 0.3) is 5.57 Å². The third-order valence-corrected chi connectivity index (χ3v) is 3.46. The van der Waals surface area contributed by atoms with Gasteiger partial charge >= 0.3 is 6.09 Å². The first-order chi connectivity index (χ1) is 9.83. The number of amides is 2. The van der Waals surface area contributed by atoms with Crippen molar-refractivity contribution in [3.05, 3.63) is 35.4 Å². The monoisotopic (exact) mass is 288 g/mol. The Balaban J connectivity index is 2.49. The van der Waals surface area contributed by atoms with Crippen LogP contribution in [-0.4, -0.2) is 12.0 Å². The second kappa shape index (κ2) is 5.60. The summed E-state index contributed by atoms with van der Waals surface area (Å²) in [6.45, 7) is 5.72. The molecule has 0 saturated carbocycles. The molecule has 0 bridgehead atoms. The number of nitrogens with two attached hydrogens (primary N) is 1. The molecule has 3 N–H and O–H groups in total. The molecule has 0 aliphatic carbocycles. The second-order valence-electron chi connectivity index (χ2n) is 5.61. The minimum absolute atomic E-state index is 0.457. The third kappa shape index (κ3) is 3.24. The van der Waals surface area contributed by atoms with E-state index in [1.54, 1.807) is 0 Å². The fourth-order valence-electron chi connectivity index (χ4n) is 2.51. The van der Waals surface area contributed by atoms with Crippen LogP contribution >= 0.6 is 0 Å². The van der Waals surface area contributed by atoms with E-state index in [4.69, 9.17) is 10.5 Å². The average molecular weight is 288 g/mol. The van der Waals surface area contributed by atoms with Gasteiger partial charge in [-0.25, -0.2) is 4.79 Å². The number of nitrogens with one attached hydrogen (secondary N) is 1. The van der Waals surface area contributed by atoms with Gasteiger partial charge in [-0.2, -0.15) is 0 Å². The Morgan fingerprint density at radius 3 is 2.76 bits per heavy atom. The van der Waals surface area contributed by atoms with Gasteiger partial charge in [0.05, 0.1) is 5.69 Å². The van der Waals surface area contributed by atoms with Crippen LogP contribution in [0.15, 0.2) is 24.3 Å². The number of carbonyl (C=O) groups is 2. The molecule has 2 amide bonds. The lowest BCUT2D eigenvalue weighted by molar-refractivity contribution is -0.113. The van der Waals surface area contributed by atoms with E-state index in [-0.39, 0.29) is 0 Å². The molecule has 1 aromatic carbocycles. The van der Waals surface area contributed by atoms with Gasteiger partial charge in [0, 0.05) is 11.6 Å². The fourth-order valence-corrected chi connectivity index (χ4v) is 2.51. The molecule has 1 heterocycles. The summed E-state index contributed by atoms with van der Waals surface area (Å²) in [4.78, 5) is 22.7. The summed E-state index contributed by atoms with van der Waals surface area (Å²) < 4.78 is 5.31. The van der Waals surface area contributed by atoms with Gasteiger partial charge in [0.25, 0.3) is 0 Å². The van der Waals surface area contributed by atoms with Crippen LogP contribution in [0.3, 0.4) is 0 Å². The summed E-state index contributed by atoms with van der Waals surface area (Å²) in [5.41, 5.74) is 7.98. The van der Waals surface area contributed by atoms with Crippen molar-refractivity contribution in [3.8, 4) is 0 Å². The molecule has 0 unspecified atom stereocenters. The molecule has 0 aromatic heterocycles. The number of fused-ring (bicyclic) bond motifs is 1. The van der Waals surface area contributed by atoms with Crippen molar-refractivity contribution in [1.82, 2.24) is 0 Å². The number of cyclic esters (lactones) is 1. The topological polar surface area (TPSA) is 81.4 Å². The van der Waals surface area contributed by atoms with Crippen molar-refractivity contribution in [3.63, 3.8) is 0 Å². The predicted molar refractivity (Wildman–Crippen MR) is 81.7 cm³/mol. The summed E-state index contributed by atoms with van der Waals surface area (Å²) in [5, 5.41) is 2.68. The highest BCUT2D eigenvalue weighted by Crippen LogP contribution is 2.37. The predicted octanol–water partition coefficient (Wildman–Crippen LogP) is 3.15. The van der Waals surface area contributed by atoms with E-state index in [1.165, 1.54) is 6.08 Å². The third-order valence-electron chi connectivity index (χ3n) is 3.46. The van der Waals surface area contributed by atoms with Crippen molar-refractivity contribution < 1.29 is 14.3 Å². The molecule has 0 fully saturated rings. The number of hydrogen-bond donors (Lipinski definition) is 2. The highest BCUT2D eigenvalue weighted by atomic mass is 16.6. The van der Waals surface area contributed by atoms with Crippen LogP contribution in [0.4, 0.5) is 10.5 Å². The second-order valence-corrected chi connectivity index (χ2v) is 5.61. The highest BCUT2D eigenvalue weighted by Gasteiger charge is 2.33. The van der Waals surface area contributed by atoms with Crippen LogP contribution in [0.1, 0.15) is 44.7 Å². The van der Waals surface area contributed by atoms with Gasteiger partial charge in [0.1, 0.15) is 5.60 Å². The number of anilines is 1. The Kier molecular flexibility index (Phi) is 4.02. The molecule has 0 saturated heterocycles. The number of allylic oxidation sites excluding steroid dienone is 1. The average Bonchev–Trinajstić information content (AvgIpc) is 2.36. The van der Waals surface area contributed by atoms with Crippen LogP contribution < -0.4 is 11.1 Å². The lowest BCUT2D eigenvalue weighted by Crippen LogP contribution is -2.34. The Bertz CT molecular complexity index is 618. The molecule has 0 atom stereocenters. The molecular formula is C16H20N2O3. The number of rotatable bonds is 4. The summed E-state index contributed by atoms with van der Waals surface area (Å²) in [7, 11) is 0. The molecule has 0 spiro atoms. The summed E-state index contributed by atoms with van der Waals surface area (Å²) in [6.07, 6.45) is 2.67. The van der Waals surface area contributed by atoms with Crippen molar-refractivity contribution in [2.45, 2.75) is 39.2 Å². The SMILES string of the molecule is CCC/C(=C\C(N)=O)c1ccc2c(c1)C(C)(C)OC(=O)N2. The Hall–Kier alpha value is -2.30. The number of hydrogen-bond acceptors (Lipinski definition) is 3. The minimum atomic E-state index is -0.711. The van der Waals surface area contributed by atoms with E-state index in [0.717, 1.165) is 35.2 Å². The summed E-state index contributed by atoms with van der Waals surface area (Å²) >= 11 is 0. The number of benzene rings is 1. The van der Waals surface area contributed by atoms with Crippen LogP contribution in [0.2, 0.25) is 0 Å². The van der Waals surface area contributed by atoms with Gasteiger partial charge in [0.15, 0.2) is 0 Å². The molecule has 112 valence electrons. The fraction of sp³-hybridized carbons (Fsp3) is 0.375. The van der Waals surface area contributed by atoms with Gasteiger partial charge in [-0.05, 0) is 43.5 Å². The first kappa shape index (κ1) is 15.1. The maximum atomic E-state index is 11.5. The van der Waals surface area contributed by atoms with E-state index in [9.17, 15) is 9.59 Å². The molecule has 5 heteroatoms. The molecule has 1 aliphatic heterocycles. The zero-order chi connectivity index (χ0) is 15.6. The lowest BCUT2D eigenvalue weighted by atomic mass is 9.90. The summed E-state index contributed by atoms with van der Waals surface area (Å²) in [6, 6.07) is 5.65. The van der Waals surface area contributed by atoms with Crippen molar-refractivity contribution in [1.29, 1.82) is 0 Å². The highest BCUT2D eigenvalue weighted by molar-refractivity contribution is 5.95. The number of ether oxygens (including phenoxy) is 1. The van der Waals surface area contributed by atoms with Gasteiger partial charge in [0.2, 0.25) is 5.91 Å². The maximum Gasteiger partial charge on any atom is 0.412 e.